The summed E-state index contributed by atoms with van der Waals surface area (Å²) >= 11 is 0. The summed E-state index contributed by atoms with van der Waals surface area (Å²) in [5.74, 6) is 1.15. The van der Waals surface area contributed by atoms with Crippen molar-refractivity contribution in [2.75, 3.05) is 34.4 Å². The number of nitrogens with zero attached hydrogens (tertiary/aromatic N) is 1. The van der Waals surface area contributed by atoms with Gasteiger partial charge in [-0.1, -0.05) is 13.0 Å². The van der Waals surface area contributed by atoms with E-state index >= 15 is 0 Å². The van der Waals surface area contributed by atoms with Crippen LogP contribution in [-0.2, 0) is 9.53 Å². The predicted octanol–water partition coefficient (Wildman–Crippen LogP) is 2.46. The van der Waals surface area contributed by atoms with Crippen molar-refractivity contribution in [1.82, 2.24) is 4.90 Å². The number of methoxy groups -OCH3 is 3. The Bertz CT molecular complexity index is 615. The molecule has 1 aliphatic rings. The van der Waals surface area contributed by atoms with Crippen LogP contribution in [0.15, 0.2) is 18.2 Å². The lowest BCUT2D eigenvalue weighted by Crippen LogP contribution is -2.35. The molecule has 0 saturated carbocycles. The van der Waals surface area contributed by atoms with E-state index in [4.69, 9.17) is 14.2 Å². The highest BCUT2D eigenvalue weighted by Crippen LogP contribution is 2.45. The fourth-order valence-corrected chi connectivity index (χ4v) is 3.16. The molecule has 0 N–H and O–H groups in total. The standard InChI is InChI=1S/C17H23NO5/c1-11(19)17(2)10-18(16(20)23-5)9-13(17)12-6-7-14(21-3)15(8-12)22-4/h6-8,13H,9-10H2,1-5H3. The molecule has 1 aromatic carbocycles. The summed E-state index contributed by atoms with van der Waals surface area (Å²) in [6.45, 7) is 4.22. The second-order valence-corrected chi connectivity index (χ2v) is 5.99. The van der Waals surface area contributed by atoms with E-state index < -0.39 is 11.5 Å². The van der Waals surface area contributed by atoms with Gasteiger partial charge in [-0.2, -0.15) is 0 Å². The molecule has 0 aliphatic carbocycles. The Balaban J connectivity index is 2.42. The van der Waals surface area contributed by atoms with Crippen molar-refractivity contribution in [2.45, 2.75) is 19.8 Å². The predicted molar refractivity (Wildman–Crippen MR) is 85.1 cm³/mol. The zero-order valence-electron chi connectivity index (χ0n) is 14.2. The first kappa shape index (κ1) is 17.1. The molecule has 0 aromatic heterocycles. The Morgan fingerprint density at radius 2 is 1.83 bits per heavy atom. The third-order valence-electron chi connectivity index (χ3n) is 4.74. The summed E-state index contributed by atoms with van der Waals surface area (Å²) in [4.78, 5) is 25.7. The molecule has 1 aliphatic heterocycles. The number of rotatable bonds is 4. The maximum Gasteiger partial charge on any atom is 0.409 e. The average molecular weight is 321 g/mol. The van der Waals surface area contributed by atoms with Gasteiger partial charge < -0.3 is 19.1 Å². The van der Waals surface area contributed by atoms with Crippen LogP contribution in [0.25, 0.3) is 0 Å². The first-order valence-corrected chi connectivity index (χ1v) is 7.43. The number of benzene rings is 1. The number of ether oxygens (including phenoxy) is 3. The fraction of sp³-hybridized carbons (Fsp3) is 0.529. The van der Waals surface area contributed by atoms with Gasteiger partial charge in [0.1, 0.15) is 5.78 Å². The number of carbonyl (C=O) groups excluding carboxylic acids is 2. The zero-order chi connectivity index (χ0) is 17.2. The lowest BCUT2D eigenvalue weighted by molar-refractivity contribution is -0.125. The molecule has 2 rings (SSSR count). The van der Waals surface area contributed by atoms with Crippen LogP contribution in [0.5, 0.6) is 11.5 Å². The van der Waals surface area contributed by atoms with E-state index in [0.717, 1.165) is 5.56 Å². The Kier molecular flexibility index (Phi) is 4.82. The number of carbonyl (C=O) groups is 2. The van der Waals surface area contributed by atoms with Crippen molar-refractivity contribution in [3.8, 4) is 11.5 Å². The minimum atomic E-state index is -0.659. The Morgan fingerprint density at radius 1 is 1.17 bits per heavy atom. The summed E-state index contributed by atoms with van der Waals surface area (Å²) in [5, 5.41) is 0. The van der Waals surface area contributed by atoms with Gasteiger partial charge in [0.2, 0.25) is 0 Å². The lowest BCUT2D eigenvalue weighted by atomic mass is 9.73. The average Bonchev–Trinajstić information content (AvgIpc) is 2.92. The van der Waals surface area contributed by atoms with Crippen LogP contribution < -0.4 is 9.47 Å². The van der Waals surface area contributed by atoms with Crippen LogP contribution in [0, 0.1) is 5.41 Å². The van der Waals surface area contributed by atoms with Crippen molar-refractivity contribution in [2.24, 2.45) is 5.41 Å². The normalized spacial score (nSPS) is 23.5. The van der Waals surface area contributed by atoms with E-state index in [-0.39, 0.29) is 11.7 Å². The monoisotopic (exact) mass is 321 g/mol. The summed E-state index contributed by atoms with van der Waals surface area (Å²) < 4.78 is 15.4. The summed E-state index contributed by atoms with van der Waals surface area (Å²) in [7, 11) is 4.49. The van der Waals surface area contributed by atoms with Gasteiger partial charge in [0.05, 0.1) is 26.7 Å². The van der Waals surface area contributed by atoms with Crippen LogP contribution >= 0.6 is 0 Å². The molecule has 23 heavy (non-hydrogen) atoms. The molecule has 1 fully saturated rings. The lowest BCUT2D eigenvalue weighted by Gasteiger charge is -2.28. The molecule has 0 radical (unpaired) electrons. The number of ketones is 1. The first-order valence-electron chi connectivity index (χ1n) is 7.43. The highest BCUT2D eigenvalue weighted by molar-refractivity contribution is 5.85. The number of hydrogen-bond acceptors (Lipinski definition) is 5. The van der Waals surface area contributed by atoms with Gasteiger partial charge in [-0.05, 0) is 24.6 Å². The third kappa shape index (κ3) is 2.98. The van der Waals surface area contributed by atoms with Crippen LogP contribution in [0.3, 0.4) is 0 Å². The van der Waals surface area contributed by atoms with Crippen LogP contribution in [-0.4, -0.2) is 51.2 Å². The van der Waals surface area contributed by atoms with Gasteiger partial charge in [-0.3, -0.25) is 4.79 Å². The molecule has 2 atom stereocenters. The highest BCUT2D eigenvalue weighted by Gasteiger charge is 2.49. The van der Waals surface area contributed by atoms with E-state index in [9.17, 15) is 9.59 Å². The number of amides is 1. The van der Waals surface area contributed by atoms with Gasteiger partial charge in [0, 0.05) is 19.0 Å². The molecule has 1 aromatic rings. The van der Waals surface area contributed by atoms with Crippen LogP contribution in [0.1, 0.15) is 25.3 Å². The maximum atomic E-state index is 12.3. The number of likely N-dealkylation sites (tertiary alicyclic amines) is 1. The van der Waals surface area contributed by atoms with Crippen molar-refractivity contribution in [3.63, 3.8) is 0 Å². The molecule has 6 nitrogen and oxygen atoms in total. The van der Waals surface area contributed by atoms with E-state index in [0.29, 0.717) is 24.6 Å². The topological polar surface area (TPSA) is 65.1 Å². The highest BCUT2D eigenvalue weighted by atomic mass is 16.5. The van der Waals surface area contributed by atoms with Crippen molar-refractivity contribution in [1.29, 1.82) is 0 Å². The molecule has 126 valence electrons. The van der Waals surface area contributed by atoms with E-state index in [1.165, 1.54) is 7.11 Å². The minimum Gasteiger partial charge on any atom is -0.493 e. The van der Waals surface area contributed by atoms with Crippen LogP contribution in [0.2, 0.25) is 0 Å². The van der Waals surface area contributed by atoms with E-state index in [2.05, 4.69) is 0 Å². The van der Waals surface area contributed by atoms with Crippen LogP contribution in [0.4, 0.5) is 4.79 Å². The third-order valence-corrected chi connectivity index (χ3v) is 4.74. The second-order valence-electron chi connectivity index (χ2n) is 5.99. The van der Waals surface area contributed by atoms with Gasteiger partial charge in [0.15, 0.2) is 11.5 Å². The largest absolute Gasteiger partial charge is 0.493 e. The molecule has 0 spiro atoms. The zero-order valence-corrected chi connectivity index (χ0v) is 14.2. The SMILES string of the molecule is COC(=O)N1CC(c2ccc(OC)c(OC)c2)C(C)(C(C)=O)C1. The number of Topliss-reactive ketones (excluding diaryl/α,β-unsaturated/α-hetero) is 1. The summed E-state index contributed by atoms with van der Waals surface area (Å²) in [5.41, 5.74) is 0.278. The molecular formula is C17H23NO5. The summed E-state index contributed by atoms with van der Waals surface area (Å²) in [6.07, 6.45) is -0.416. The van der Waals surface area contributed by atoms with Crippen molar-refractivity contribution < 1.29 is 23.8 Å². The van der Waals surface area contributed by atoms with Gasteiger partial charge in [-0.15, -0.1) is 0 Å². The molecule has 1 amide bonds. The molecule has 0 bridgehead atoms. The number of hydrogen-bond donors (Lipinski definition) is 0. The van der Waals surface area contributed by atoms with Gasteiger partial charge >= 0.3 is 6.09 Å². The van der Waals surface area contributed by atoms with Crippen molar-refractivity contribution >= 4 is 11.9 Å². The van der Waals surface area contributed by atoms with Crippen molar-refractivity contribution in [3.05, 3.63) is 23.8 Å². The molecule has 1 heterocycles. The molecular weight excluding hydrogens is 298 g/mol. The fourth-order valence-electron chi connectivity index (χ4n) is 3.16. The molecule has 1 saturated heterocycles. The quantitative estimate of drug-likeness (QED) is 0.852. The Hall–Kier alpha value is -2.24. The smallest absolute Gasteiger partial charge is 0.409 e. The minimum absolute atomic E-state index is 0.0451. The summed E-state index contributed by atoms with van der Waals surface area (Å²) in [6, 6.07) is 5.59. The Labute approximate surface area is 136 Å². The molecule has 6 heteroatoms. The van der Waals surface area contributed by atoms with E-state index in [1.807, 2.05) is 25.1 Å². The van der Waals surface area contributed by atoms with E-state index in [1.54, 1.807) is 26.0 Å². The first-order chi connectivity index (χ1) is 10.9. The molecule has 2 unspecified atom stereocenters. The van der Waals surface area contributed by atoms with Gasteiger partial charge in [0.25, 0.3) is 0 Å². The second kappa shape index (κ2) is 6.48. The Morgan fingerprint density at radius 3 is 2.35 bits per heavy atom. The maximum absolute atomic E-state index is 12.3. The van der Waals surface area contributed by atoms with Gasteiger partial charge in [-0.25, -0.2) is 4.79 Å².